The van der Waals surface area contributed by atoms with Crippen LogP contribution in [0.25, 0.3) is 0 Å². The summed E-state index contributed by atoms with van der Waals surface area (Å²) in [6.45, 7) is 11.8. The number of hydrogen-bond acceptors (Lipinski definition) is 3. The molecule has 0 aliphatic rings. The molecule has 0 unspecified atom stereocenters. The van der Waals surface area contributed by atoms with Gasteiger partial charge in [-0.15, -0.1) is 0 Å². The van der Waals surface area contributed by atoms with Crippen LogP contribution < -0.4 is 0 Å². The lowest BCUT2D eigenvalue weighted by Crippen LogP contribution is -2.25. The Morgan fingerprint density at radius 1 is 1.47 bits per heavy atom. The van der Waals surface area contributed by atoms with E-state index in [9.17, 15) is 4.79 Å². The van der Waals surface area contributed by atoms with E-state index in [0.717, 1.165) is 12.8 Å². The molecule has 0 aromatic carbocycles. The van der Waals surface area contributed by atoms with Crippen molar-refractivity contribution in [3.05, 3.63) is 12.7 Å². The van der Waals surface area contributed by atoms with Crippen LogP contribution in [0.3, 0.4) is 0 Å². The molecule has 0 saturated heterocycles. The summed E-state index contributed by atoms with van der Waals surface area (Å²) in [4.78, 5) is 11.2. The fourth-order valence-electron chi connectivity index (χ4n) is 0.933. The van der Waals surface area contributed by atoms with Crippen molar-refractivity contribution >= 4 is 6.16 Å². The maximum absolute atomic E-state index is 11.2. The molecule has 0 aliphatic carbocycles. The Morgan fingerprint density at radius 2 is 2.07 bits per heavy atom. The van der Waals surface area contributed by atoms with Crippen LogP contribution in [-0.2, 0) is 9.47 Å². The summed E-state index contributed by atoms with van der Waals surface area (Å²) in [5, 5.41) is 0. The van der Waals surface area contributed by atoms with Crippen molar-refractivity contribution < 1.29 is 14.3 Å². The molecular weight excluding hydrogens is 192 g/mol. The summed E-state index contributed by atoms with van der Waals surface area (Å²) in [6, 6.07) is 0. The van der Waals surface area contributed by atoms with Gasteiger partial charge in [-0.1, -0.05) is 20.4 Å². The zero-order valence-corrected chi connectivity index (χ0v) is 10.2. The Kier molecular flexibility index (Phi) is 6.06. The van der Waals surface area contributed by atoms with Gasteiger partial charge in [0.25, 0.3) is 0 Å². The van der Waals surface area contributed by atoms with Gasteiger partial charge < -0.3 is 9.47 Å². The quantitative estimate of drug-likeness (QED) is 0.385. The topological polar surface area (TPSA) is 35.5 Å². The Bertz CT molecular complexity index is 207. The average molecular weight is 214 g/mol. The second-order valence-electron chi connectivity index (χ2n) is 4.54. The zero-order valence-electron chi connectivity index (χ0n) is 10.2. The van der Waals surface area contributed by atoms with E-state index in [1.807, 2.05) is 0 Å². The van der Waals surface area contributed by atoms with Gasteiger partial charge in [0.2, 0.25) is 0 Å². The van der Waals surface area contributed by atoms with E-state index in [4.69, 9.17) is 9.47 Å². The second kappa shape index (κ2) is 6.49. The Hall–Kier alpha value is -0.990. The van der Waals surface area contributed by atoms with Crippen LogP contribution in [0.15, 0.2) is 12.7 Å². The van der Waals surface area contributed by atoms with E-state index < -0.39 is 11.8 Å². The van der Waals surface area contributed by atoms with Crippen LogP contribution in [0, 0.1) is 5.92 Å². The molecule has 0 N–H and O–H groups in total. The standard InChI is InChI=1S/C12H22O3/c1-6-12(4,5)15-11(13)14-9-7-8-10(2)3/h6,10H,1,7-9H2,2-5H3. The SMILES string of the molecule is C=CC(C)(C)OC(=O)OCCCC(C)C. The molecule has 0 aromatic rings. The first-order chi connectivity index (χ1) is 6.87. The van der Waals surface area contributed by atoms with Crippen molar-refractivity contribution in [3.8, 4) is 0 Å². The van der Waals surface area contributed by atoms with Crippen molar-refractivity contribution in [2.75, 3.05) is 6.61 Å². The molecule has 3 heteroatoms. The van der Waals surface area contributed by atoms with Crippen molar-refractivity contribution in [1.29, 1.82) is 0 Å². The predicted octanol–water partition coefficient (Wildman–Crippen LogP) is 3.54. The highest BCUT2D eigenvalue weighted by Gasteiger charge is 2.19. The molecule has 0 bridgehead atoms. The summed E-state index contributed by atoms with van der Waals surface area (Å²) in [6.07, 6.45) is 2.88. The highest BCUT2D eigenvalue weighted by molar-refractivity contribution is 5.60. The van der Waals surface area contributed by atoms with E-state index in [2.05, 4.69) is 20.4 Å². The van der Waals surface area contributed by atoms with Gasteiger partial charge in [-0.05, 0) is 38.7 Å². The molecule has 0 aromatic heterocycles. The third-order valence-corrected chi connectivity index (χ3v) is 1.98. The van der Waals surface area contributed by atoms with Crippen LogP contribution in [0.2, 0.25) is 0 Å². The summed E-state index contributed by atoms with van der Waals surface area (Å²) < 4.78 is 9.94. The molecule has 0 spiro atoms. The van der Waals surface area contributed by atoms with Gasteiger partial charge in [-0.25, -0.2) is 4.79 Å². The highest BCUT2D eigenvalue weighted by Crippen LogP contribution is 2.11. The van der Waals surface area contributed by atoms with Crippen LogP contribution in [0.5, 0.6) is 0 Å². The average Bonchev–Trinajstić information content (AvgIpc) is 2.11. The first kappa shape index (κ1) is 14.0. The number of carbonyl (C=O) groups excluding carboxylic acids is 1. The summed E-state index contributed by atoms with van der Waals surface area (Å²) in [5.74, 6) is 0.634. The molecule has 88 valence electrons. The van der Waals surface area contributed by atoms with Crippen LogP contribution in [0.1, 0.15) is 40.5 Å². The maximum Gasteiger partial charge on any atom is 0.509 e. The second-order valence-corrected chi connectivity index (χ2v) is 4.54. The summed E-state index contributed by atoms with van der Waals surface area (Å²) in [7, 11) is 0. The maximum atomic E-state index is 11.2. The normalized spacial score (nSPS) is 11.3. The molecule has 0 heterocycles. The first-order valence-electron chi connectivity index (χ1n) is 5.37. The number of hydrogen-bond donors (Lipinski definition) is 0. The Labute approximate surface area is 92.5 Å². The van der Waals surface area contributed by atoms with Crippen LogP contribution >= 0.6 is 0 Å². The lowest BCUT2D eigenvalue weighted by molar-refractivity contribution is 0.00502. The van der Waals surface area contributed by atoms with Gasteiger partial charge in [0.05, 0.1) is 6.61 Å². The Balaban J connectivity index is 3.63. The van der Waals surface area contributed by atoms with Crippen molar-refractivity contribution in [2.24, 2.45) is 5.92 Å². The van der Waals surface area contributed by atoms with E-state index in [1.165, 1.54) is 0 Å². The minimum atomic E-state index is -0.658. The molecule has 0 fully saturated rings. The lowest BCUT2D eigenvalue weighted by atomic mass is 10.1. The summed E-state index contributed by atoms with van der Waals surface area (Å²) in [5.41, 5.74) is -0.658. The van der Waals surface area contributed by atoms with E-state index >= 15 is 0 Å². The molecule has 0 amide bonds. The molecule has 3 nitrogen and oxygen atoms in total. The molecule has 0 rings (SSSR count). The van der Waals surface area contributed by atoms with Crippen molar-refractivity contribution in [2.45, 2.75) is 46.1 Å². The number of ether oxygens (including phenoxy) is 2. The monoisotopic (exact) mass is 214 g/mol. The highest BCUT2D eigenvalue weighted by atomic mass is 16.7. The summed E-state index contributed by atoms with van der Waals surface area (Å²) >= 11 is 0. The van der Waals surface area contributed by atoms with E-state index in [-0.39, 0.29) is 0 Å². The van der Waals surface area contributed by atoms with Gasteiger partial charge in [0.1, 0.15) is 5.60 Å². The fourth-order valence-corrected chi connectivity index (χ4v) is 0.933. The zero-order chi connectivity index (χ0) is 11.9. The number of carbonyl (C=O) groups is 1. The van der Waals surface area contributed by atoms with Crippen molar-refractivity contribution in [3.63, 3.8) is 0 Å². The van der Waals surface area contributed by atoms with Crippen molar-refractivity contribution in [1.82, 2.24) is 0 Å². The van der Waals surface area contributed by atoms with E-state index in [1.54, 1.807) is 19.9 Å². The molecule has 0 aliphatic heterocycles. The van der Waals surface area contributed by atoms with Gasteiger partial charge in [0.15, 0.2) is 0 Å². The number of rotatable bonds is 6. The fraction of sp³-hybridized carbons (Fsp3) is 0.750. The largest absolute Gasteiger partial charge is 0.509 e. The Morgan fingerprint density at radius 3 is 2.53 bits per heavy atom. The third kappa shape index (κ3) is 8.03. The first-order valence-corrected chi connectivity index (χ1v) is 5.37. The molecule has 15 heavy (non-hydrogen) atoms. The van der Waals surface area contributed by atoms with Gasteiger partial charge in [-0.3, -0.25) is 0 Å². The van der Waals surface area contributed by atoms with Crippen LogP contribution in [0.4, 0.5) is 4.79 Å². The smallest absolute Gasteiger partial charge is 0.434 e. The molecular formula is C12H22O3. The van der Waals surface area contributed by atoms with E-state index in [0.29, 0.717) is 12.5 Å². The van der Waals surface area contributed by atoms with Crippen LogP contribution in [-0.4, -0.2) is 18.4 Å². The lowest BCUT2D eigenvalue weighted by Gasteiger charge is -2.19. The van der Waals surface area contributed by atoms with Gasteiger partial charge >= 0.3 is 6.16 Å². The third-order valence-electron chi connectivity index (χ3n) is 1.98. The minimum absolute atomic E-state index is 0.421. The molecule has 0 saturated carbocycles. The predicted molar refractivity (Wildman–Crippen MR) is 60.8 cm³/mol. The molecule has 0 radical (unpaired) electrons. The molecule has 0 atom stereocenters. The van der Waals surface area contributed by atoms with Gasteiger partial charge in [0, 0.05) is 0 Å². The minimum Gasteiger partial charge on any atom is -0.434 e. The van der Waals surface area contributed by atoms with Gasteiger partial charge in [-0.2, -0.15) is 0 Å².